The van der Waals surface area contributed by atoms with E-state index in [4.69, 9.17) is 4.74 Å². The van der Waals surface area contributed by atoms with Gasteiger partial charge in [0, 0.05) is 23.1 Å². The molecule has 0 spiro atoms. The van der Waals surface area contributed by atoms with Gasteiger partial charge in [-0.25, -0.2) is 0 Å². The summed E-state index contributed by atoms with van der Waals surface area (Å²) in [5, 5.41) is 14.8. The first-order valence-corrected chi connectivity index (χ1v) is 11.9. The first-order valence-electron chi connectivity index (χ1n) is 10.9. The number of ether oxygens (including phenoxy) is 1. The number of methoxy groups -OCH3 is 1. The minimum Gasteiger partial charge on any atom is -0.497 e. The van der Waals surface area contributed by atoms with Crippen molar-refractivity contribution in [3.63, 3.8) is 0 Å². The molecule has 0 saturated heterocycles. The lowest BCUT2D eigenvalue weighted by Gasteiger charge is -2.11. The molecule has 9 heteroatoms. The Morgan fingerprint density at radius 2 is 1.63 bits per heavy atom. The Bertz CT molecular complexity index is 1310. The monoisotopic (exact) mass is 487 g/mol. The van der Waals surface area contributed by atoms with E-state index < -0.39 is 0 Å². The summed E-state index contributed by atoms with van der Waals surface area (Å²) < 4.78 is 7.01. The van der Waals surface area contributed by atoms with E-state index in [9.17, 15) is 9.59 Å². The Hall–Kier alpha value is -4.11. The van der Waals surface area contributed by atoms with Crippen LogP contribution in [0, 0.1) is 6.92 Å². The molecule has 0 atom stereocenters. The summed E-state index contributed by atoms with van der Waals surface area (Å²) in [6.45, 7) is 1.99. The quantitative estimate of drug-likeness (QED) is 0.338. The van der Waals surface area contributed by atoms with E-state index in [1.54, 1.807) is 35.9 Å². The molecule has 2 N–H and O–H groups in total. The van der Waals surface area contributed by atoms with Gasteiger partial charge < -0.3 is 15.4 Å². The number of hydrogen-bond acceptors (Lipinski definition) is 6. The molecular weight excluding hydrogens is 462 g/mol. The molecule has 3 aromatic carbocycles. The van der Waals surface area contributed by atoms with Gasteiger partial charge in [-0.3, -0.25) is 14.2 Å². The number of nitrogens with zero attached hydrogens (tertiary/aromatic N) is 3. The highest BCUT2D eigenvalue weighted by molar-refractivity contribution is 7.99. The van der Waals surface area contributed by atoms with Crippen LogP contribution in [0.3, 0.4) is 0 Å². The van der Waals surface area contributed by atoms with E-state index in [2.05, 4.69) is 20.8 Å². The molecule has 1 aromatic heterocycles. The highest BCUT2D eigenvalue weighted by Crippen LogP contribution is 2.23. The predicted molar refractivity (Wildman–Crippen MR) is 137 cm³/mol. The number of amides is 2. The molecule has 8 nitrogen and oxygen atoms in total. The fourth-order valence-electron chi connectivity index (χ4n) is 3.36. The second kappa shape index (κ2) is 11.3. The van der Waals surface area contributed by atoms with Crippen molar-refractivity contribution >= 4 is 35.0 Å². The second-order valence-electron chi connectivity index (χ2n) is 7.73. The zero-order valence-corrected chi connectivity index (χ0v) is 20.2. The average molecular weight is 488 g/mol. The van der Waals surface area contributed by atoms with E-state index in [0.29, 0.717) is 22.4 Å². The lowest BCUT2D eigenvalue weighted by atomic mass is 10.2. The van der Waals surface area contributed by atoms with Crippen LogP contribution in [0.1, 0.15) is 11.4 Å². The van der Waals surface area contributed by atoms with Crippen molar-refractivity contribution in [3.05, 3.63) is 90.3 Å². The summed E-state index contributed by atoms with van der Waals surface area (Å²) in [4.78, 5) is 25.3. The minimum atomic E-state index is -0.239. The van der Waals surface area contributed by atoms with Crippen LogP contribution in [-0.4, -0.2) is 39.4 Å². The molecule has 0 fully saturated rings. The highest BCUT2D eigenvalue weighted by Gasteiger charge is 2.18. The molecule has 178 valence electrons. The molecule has 0 aliphatic carbocycles. The van der Waals surface area contributed by atoms with Gasteiger partial charge in [-0.05, 0) is 43.3 Å². The zero-order chi connectivity index (χ0) is 24.6. The number of hydrogen-bond donors (Lipinski definition) is 2. The van der Waals surface area contributed by atoms with Gasteiger partial charge in [0.15, 0.2) is 5.16 Å². The Labute approximate surface area is 207 Å². The van der Waals surface area contributed by atoms with Gasteiger partial charge in [0.2, 0.25) is 11.8 Å². The van der Waals surface area contributed by atoms with Crippen molar-refractivity contribution < 1.29 is 14.3 Å². The number of carbonyl (C=O) groups is 2. The van der Waals surface area contributed by atoms with Crippen molar-refractivity contribution in [1.29, 1.82) is 0 Å². The summed E-state index contributed by atoms with van der Waals surface area (Å²) >= 11 is 1.26. The molecular formula is C26H25N5O3S. The van der Waals surface area contributed by atoms with Gasteiger partial charge >= 0.3 is 0 Å². The summed E-state index contributed by atoms with van der Waals surface area (Å²) in [6.07, 6.45) is 0.00915. The maximum atomic E-state index is 12.8. The van der Waals surface area contributed by atoms with Crippen molar-refractivity contribution in [2.24, 2.45) is 0 Å². The van der Waals surface area contributed by atoms with Crippen LogP contribution >= 0.6 is 11.8 Å². The Balaban J connectivity index is 1.48. The van der Waals surface area contributed by atoms with Crippen LogP contribution in [0.5, 0.6) is 5.75 Å². The predicted octanol–water partition coefficient (Wildman–Crippen LogP) is 4.50. The van der Waals surface area contributed by atoms with E-state index in [1.807, 2.05) is 61.5 Å². The number of carbonyl (C=O) groups excluding carboxylic acids is 2. The van der Waals surface area contributed by atoms with Gasteiger partial charge in [0.1, 0.15) is 11.6 Å². The van der Waals surface area contributed by atoms with Crippen LogP contribution < -0.4 is 15.4 Å². The largest absolute Gasteiger partial charge is 0.497 e. The topological polar surface area (TPSA) is 98.1 Å². The molecule has 2 amide bonds. The smallest absolute Gasteiger partial charge is 0.234 e. The standard InChI is InChI=1S/C26H25N5O3S/c1-18-11-13-19(14-12-18)27-25(33)17-35-26-30-29-23(31(26)21-8-4-3-5-9-21)16-24(32)28-20-7-6-10-22(15-20)34-2/h3-15H,16-17H2,1-2H3,(H,27,33)(H,28,32). The fourth-order valence-corrected chi connectivity index (χ4v) is 4.13. The number of anilines is 2. The second-order valence-corrected chi connectivity index (χ2v) is 8.67. The molecule has 0 aliphatic heterocycles. The van der Waals surface area contributed by atoms with Gasteiger partial charge in [-0.1, -0.05) is 53.7 Å². The van der Waals surface area contributed by atoms with E-state index in [1.165, 1.54) is 11.8 Å². The number of nitrogens with one attached hydrogen (secondary N) is 2. The third-order valence-electron chi connectivity index (χ3n) is 5.05. The fraction of sp³-hybridized carbons (Fsp3) is 0.154. The zero-order valence-electron chi connectivity index (χ0n) is 19.4. The first kappa shape index (κ1) is 24.0. The number of aromatic nitrogens is 3. The summed E-state index contributed by atoms with van der Waals surface area (Å²) in [5.74, 6) is 0.876. The van der Waals surface area contributed by atoms with Crippen LogP contribution in [0.2, 0.25) is 0 Å². The number of thioether (sulfide) groups is 1. The molecule has 0 bridgehead atoms. The number of para-hydroxylation sites is 1. The third-order valence-corrected chi connectivity index (χ3v) is 5.98. The van der Waals surface area contributed by atoms with Crippen LogP contribution in [0.4, 0.5) is 11.4 Å². The maximum absolute atomic E-state index is 12.8. The first-order chi connectivity index (χ1) is 17.0. The molecule has 0 radical (unpaired) electrons. The molecule has 4 rings (SSSR count). The minimum absolute atomic E-state index is 0.00915. The van der Waals surface area contributed by atoms with E-state index in [-0.39, 0.29) is 24.0 Å². The molecule has 0 saturated carbocycles. The number of benzene rings is 3. The van der Waals surface area contributed by atoms with Crippen molar-refractivity contribution in [2.75, 3.05) is 23.5 Å². The van der Waals surface area contributed by atoms with Crippen LogP contribution in [-0.2, 0) is 16.0 Å². The van der Waals surface area contributed by atoms with Crippen molar-refractivity contribution in [1.82, 2.24) is 14.8 Å². The van der Waals surface area contributed by atoms with Gasteiger partial charge in [-0.15, -0.1) is 10.2 Å². The highest BCUT2D eigenvalue weighted by atomic mass is 32.2. The number of rotatable bonds is 9. The Morgan fingerprint density at radius 3 is 2.37 bits per heavy atom. The molecule has 1 heterocycles. The van der Waals surface area contributed by atoms with Gasteiger partial charge in [-0.2, -0.15) is 0 Å². The maximum Gasteiger partial charge on any atom is 0.234 e. The third kappa shape index (κ3) is 6.48. The lowest BCUT2D eigenvalue weighted by molar-refractivity contribution is -0.116. The van der Waals surface area contributed by atoms with Crippen molar-refractivity contribution in [2.45, 2.75) is 18.5 Å². The van der Waals surface area contributed by atoms with Crippen molar-refractivity contribution in [3.8, 4) is 11.4 Å². The normalized spacial score (nSPS) is 10.6. The van der Waals surface area contributed by atoms with E-state index in [0.717, 1.165) is 16.9 Å². The molecule has 4 aromatic rings. The average Bonchev–Trinajstić information content (AvgIpc) is 3.27. The lowest BCUT2D eigenvalue weighted by Crippen LogP contribution is -2.18. The van der Waals surface area contributed by atoms with Crippen LogP contribution in [0.15, 0.2) is 84.0 Å². The van der Waals surface area contributed by atoms with Crippen LogP contribution in [0.25, 0.3) is 5.69 Å². The van der Waals surface area contributed by atoms with Gasteiger partial charge in [0.25, 0.3) is 0 Å². The summed E-state index contributed by atoms with van der Waals surface area (Å²) in [5.41, 5.74) is 3.29. The molecule has 0 unspecified atom stereocenters. The van der Waals surface area contributed by atoms with Gasteiger partial charge in [0.05, 0.1) is 19.3 Å². The Morgan fingerprint density at radius 1 is 0.886 bits per heavy atom. The Kier molecular flexibility index (Phi) is 7.79. The molecule has 35 heavy (non-hydrogen) atoms. The van der Waals surface area contributed by atoms with E-state index >= 15 is 0 Å². The summed E-state index contributed by atoms with van der Waals surface area (Å²) in [6, 6.07) is 24.3. The number of aryl methyl sites for hydroxylation is 1. The molecule has 0 aliphatic rings. The summed E-state index contributed by atoms with van der Waals surface area (Å²) in [7, 11) is 1.57. The SMILES string of the molecule is COc1cccc(NC(=O)Cc2nnc(SCC(=O)Nc3ccc(C)cc3)n2-c2ccccc2)c1.